The molecule has 0 aliphatic rings. The molecule has 4 nitrogen and oxygen atoms in total. The number of hydrogen-bond acceptors (Lipinski definition) is 3. The topological polar surface area (TPSA) is 62.4 Å². The second-order valence-electron chi connectivity index (χ2n) is 2.88. The minimum Gasteiger partial charge on any atom is -0.352 e. The highest BCUT2D eigenvalue weighted by Gasteiger charge is 2.02. The first-order chi connectivity index (χ1) is 6.24. The van der Waals surface area contributed by atoms with Crippen LogP contribution in [0, 0.1) is 0 Å². The monoisotopic (exact) mass is 204 g/mol. The van der Waals surface area contributed by atoms with Crippen LogP contribution in [0.1, 0.15) is 20.3 Å². The van der Waals surface area contributed by atoms with Gasteiger partial charge in [-0.3, -0.25) is 10.4 Å². The second kappa shape index (κ2) is 8.19. The fourth-order valence-corrected chi connectivity index (χ4v) is 1.46. The van der Waals surface area contributed by atoms with Gasteiger partial charge in [-0.05, 0) is 19.6 Å². The van der Waals surface area contributed by atoms with Gasteiger partial charge in [0.05, 0.1) is 0 Å². The number of nitrogens with one attached hydrogen (secondary N) is 2. The molecule has 0 aromatic carbocycles. The molecule has 1 unspecified atom stereocenters. The van der Waals surface area contributed by atoms with Crippen molar-refractivity contribution in [1.82, 2.24) is 10.7 Å². The highest BCUT2D eigenvalue weighted by atomic mass is 32.2. The molecule has 0 rings (SSSR count). The van der Waals surface area contributed by atoms with E-state index < -0.39 is 0 Å². The summed E-state index contributed by atoms with van der Waals surface area (Å²) in [6.07, 6.45) is 3.11. The van der Waals surface area contributed by atoms with Crippen LogP contribution >= 0.6 is 11.8 Å². The Morgan fingerprint density at radius 3 is 2.77 bits per heavy atom. The van der Waals surface area contributed by atoms with E-state index in [9.17, 15) is 0 Å². The molecule has 5 heteroatoms. The fourth-order valence-electron chi connectivity index (χ4n) is 0.882. The Hall–Kier alpha value is -0.420. The lowest BCUT2D eigenvalue weighted by Crippen LogP contribution is -2.46. The molecule has 0 saturated carbocycles. The van der Waals surface area contributed by atoms with Crippen LogP contribution in [-0.2, 0) is 0 Å². The summed E-state index contributed by atoms with van der Waals surface area (Å²) in [7, 11) is 0. The zero-order valence-corrected chi connectivity index (χ0v) is 9.45. The van der Waals surface area contributed by atoms with Crippen LogP contribution < -0.4 is 16.6 Å². The SMILES string of the molecule is CCCN=C(NN)NC(C)CSC. The molecule has 78 valence electrons. The van der Waals surface area contributed by atoms with Crippen LogP contribution in [0.5, 0.6) is 0 Å². The first kappa shape index (κ1) is 12.6. The lowest BCUT2D eigenvalue weighted by atomic mass is 10.4. The van der Waals surface area contributed by atoms with E-state index in [1.165, 1.54) is 0 Å². The Morgan fingerprint density at radius 2 is 2.31 bits per heavy atom. The summed E-state index contributed by atoms with van der Waals surface area (Å²) in [5, 5.41) is 3.20. The van der Waals surface area contributed by atoms with Gasteiger partial charge < -0.3 is 5.32 Å². The second-order valence-corrected chi connectivity index (χ2v) is 3.79. The van der Waals surface area contributed by atoms with Crippen LogP contribution in [0.25, 0.3) is 0 Å². The maximum absolute atomic E-state index is 5.31. The highest BCUT2D eigenvalue weighted by Crippen LogP contribution is 1.95. The van der Waals surface area contributed by atoms with E-state index in [0.29, 0.717) is 12.0 Å². The van der Waals surface area contributed by atoms with Crippen molar-refractivity contribution >= 4 is 17.7 Å². The zero-order chi connectivity index (χ0) is 10.1. The molecule has 0 radical (unpaired) electrons. The Balaban J connectivity index is 3.82. The van der Waals surface area contributed by atoms with E-state index in [4.69, 9.17) is 5.84 Å². The summed E-state index contributed by atoms with van der Waals surface area (Å²) in [6, 6.07) is 0.390. The van der Waals surface area contributed by atoms with E-state index in [1.807, 2.05) is 0 Å². The average Bonchev–Trinajstić information content (AvgIpc) is 2.12. The van der Waals surface area contributed by atoms with Crippen molar-refractivity contribution in [3.05, 3.63) is 0 Å². The molecule has 4 N–H and O–H groups in total. The summed E-state index contributed by atoms with van der Waals surface area (Å²) in [6.45, 7) is 5.00. The Morgan fingerprint density at radius 1 is 1.62 bits per heavy atom. The van der Waals surface area contributed by atoms with Crippen LogP contribution in [0.4, 0.5) is 0 Å². The molecule has 0 aliphatic heterocycles. The van der Waals surface area contributed by atoms with Gasteiger partial charge in [0.25, 0.3) is 0 Å². The van der Waals surface area contributed by atoms with Gasteiger partial charge in [-0.1, -0.05) is 6.92 Å². The van der Waals surface area contributed by atoms with E-state index in [-0.39, 0.29) is 0 Å². The van der Waals surface area contributed by atoms with Crippen LogP contribution in [-0.4, -0.2) is 30.6 Å². The molecular weight excluding hydrogens is 184 g/mol. The van der Waals surface area contributed by atoms with Gasteiger partial charge in [-0.15, -0.1) is 0 Å². The van der Waals surface area contributed by atoms with Gasteiger partial charge in [0, 0.05) is 18.3 Å². The number of nitrogens with zero attached hydrogens (tertiary/aromatic N) is 1. The number of nitrogens with two attached hydrogens (primary N) is 1. The molecule has 0 aliphatic carbocycles. The lowest BCUT2D eigenvalue weighted by molar-refractivity contribution is 0.710. The maximum Gasteiger partial charge on any atom is 0.205 e. The summed E-state index contributed by atoms with van der Waals surface area (Å²) in [4.78, 5) is 4.24. The van der Waals surface area contributed by atoms with Gasteiger partial charge in [0.1, 0.15) is 0 Å². The lowest BCUT2D eigenvalue weighted by Gasteiger charge is -2.15. The normalized spacial score (nSPS) is 14.0. The smallest absolute Gasteiger partial charge is 0.205 e. The molecule has 0 heterocycles. The van der Waals surface area contributed by atoms with Gasteiger partial charge in [-0.25, -0.2) is 5.84 Å². The molecular formula is C8H20N4S. The third-order valence-electron chi connectivity index (χ3n) is 1.43. The molecule has 0 bridgehead atoms. The number of guanidine groups is 1. The van der Waals surface area contributed by atoms with Crippen molar-refractivity contribution in [3.8, 4) is 0 Å². The van der Waals surface area contributed by atoms with Crippen molar-refractivity contribution in [2.45, 2.75) is 26.3 Å². The van der Waals surface area contributed by atoms with Gasteiger partial charge in [0.15, 0.2) is 0 Å². The predicted molar refractivity (Wildman–Crippen MR) is 60.9 cm³/mol. The van der Waals surface area contributed by atoms with E-state index in [1.54, 1.807) is 11.8 Å². The van der Waals surface area contributed by atoms with Crippen molar-refractivity contribution in [2.24, 2.45) is 10.8 Å². The molecule has 0 amide bonds. The highest BCUT2D eigenvalue weighted by molar-refractivity contribution is 7.98. The molecule has 0 saturated heterocycles. The van der Waals surface area contributed by atoms with Crippen molar-refractivity contribution in [3.63, 3.8) is 0 Å². The largest absolute Gasteiger partial charge is 0.352 e. The number of hydrazine groups is 1. The van der Waals surface area contributed by atoms with Crippen LogP contribution in [0.3, 0.4) is 0 Å². The molecule has 13 heavy (non-hydrogen) atoms. The van der Waals surface area contributed by atoms with Gasteiger partial charge in [-0.2, -0.15) is 11.8 Å². The number of aliphatic imine (C=N–C) groups is 1. The summed E-state index contributed by atoms with van der Waals surface area (Å²) in [5.41, 5.74) is 2.56. The average molecular weight is 204 g/mol. The molecule has 0 aromatic heterocycles. The fraction of sp³-hybridized carbons (Fsp3) is 0.875. The van der Waals surface area contributed by atoms with Crippen LogP contribution in [0.15, 0.2) is 4.99 Å². The number of hydrogen-bond donors (Lipinski definition) is 3. The maximum atomic E-state index is 5.31. The Kier molecular flexibility index (Phi) is 7.93. The zero-order valence-electron chi connectivity index (χ0n) is 8.63. The molecule has 0 fully saturated rings. The van der Waals surface area contributed by atoms with E-state index in [2.05, 4.69) is 35.8 Å². The molecule has 1 atom stereocenters. The third-order valence-corrected chi connectivity index (χ3v) is 2.26. The van der Waals surface area contributed by atoms with Gasteiger partial charge in [0.2, 0.25) is 5.96 Å². The number of rotatable bonds is 5. The van der Waals surface area contributed by atoms with E-state index in [0.717, 1.165) is 18.7 Å². The molecule has 0 spiro atoms. The minimum absolute atomic E-state index is 0.390. The summed E-state index contributed by atoms with van der Waals surface area (Å²) in [5.74, 6) is 7.04. The van der Waals surface area contributed by atoms with E-state index >= 15 is 0 Å². The predicted octanol–water partition coefficient (Wildman–Crippen LogP) is 0.557. The Labute approximate surface area is 84.7 Å². The first-order valence-corrected chi connectivity index (χ1v) is 5.90. The van der Waals surface area contributed by atoms with Gasteiger partial charge >= 0.3 is 0 Å². The molecule has 0 aromatic rings. The van der Waals surface area contributed by atoms with Crippen LogP contribution in [0.2, 0.25) is 0 Å². The standard InChI is InChI=1S/C8H20N4S/c1-4-5-10-8(12-9)11-7(2)6-13-3/h7H,4-6,9H2,1-3H3,(H2,10,11,12). The van der Waals surface area contributed by atoms with Crippen molar-refractivity contribution in [2.75, 3.05) is 18.6 Å². The summed E-state index contributed by atoms with van der Waals surface area (Å²) >= 11 is 1.80. The minimum atomic E-state index is 0.390. The number of thioether (sulfide) groups is 1. The third kappa shape index (κ3) is 6.72. The Bertz CT molecular complexity index is 149. The van der Waals surface area contributed by atoms with Crippen molar-refractivity contribution in [1.29, 1.82) is 0 Å². The first-order valence-electron chi connectivity index (χ1n) is 4.51. The van der Waals surface area contributed by atoms with Crippen molar-refractivity contribution < 1.29 is 0 Å². The quantitative estimate of drug-likeness (QED) is 0.265. The summed E-state index contributed by atoms with van der Waals surface area (Å²) < 4.78 is 0.